The van der Waals surface area contributed by atoms with E-state index in [1.807, 2.05) is 38.8 Å². The Morgan fingerprint density at radius 3 is 2.43 bits per heavy atom. The number of para-hydroxylation sites is 1. The number of rotatable bonds is 2. The maximum absolute atomic E-state index is 13.8. The van der Waals surface area contributed by atoms with Crippen molar-refractivity contribution >= 4 is 12.8 Å². The molecule has 3 rings (SSSR count). The summed E-state index contributed by atoms with van der Waals surface area (Å²) in [6, 6.07) is 6.77. The molecular formula is C15H22BFN2O2. The third kappa shape index (κ3) is 2.56. The monoisotopic (exact) mass is 292 g/mol. The van der Waals surface area contributed by atoms with E-state index in [-0.39, 0.29) is 30.0 Å². The second kappa shape index (κ2) is 4.97. The van der Waals surface area contributed by atoms with Crippen LogP contribution in [0.4, 0.5) is 10.1 Å². The zero-order valence-corrected chi connectivity index (χ0v) is 13.0. The number of anilines is 1. The molecule has 4 nitrogen and oxygen atoms in total. The predicted octanol–water partition coefficient (Wildman–Crippen LogP) is 2.61. The number of nitrogens with one attached hydrogen (secondary N) is 1. The molecule has 2 aliphatic heterocycles. The maximum atomic E-state index is 13.8. The minimum absolute atomic E-state index is 0.172. The Morgan fingerprint density at radius 1 is 1.19 bits per heavy atom. The van der Waals surface area contributed by atoms with Gasteiger partial charge in [-0.1, -0.05) is 12.1 Å². The molecule has 2 aliphatic rings. The normalized spacial score (nSPS) is 27.4. The summed E-state index contributed by atoms with van der Waals surface area (Å²) in [6.45, 7) is 9.56. The molecule has 1 aromatic rings. The molecule has 0 aliphatic carbocycles. The van der Waals surface area contributed by atoms with Gasteiger partial charge in [0, 0.05) is 18.9 Å². The van der Waals surface area contributed by atoms with Crippen molar-refractivity contribution in [3.8, 4) is 0 Å². The molecule has 21 heavy (non-hydrogen) atoms. The van der Waals surface area contributed by atoms with E-state index in [0.717, 1.165) is 0 Å². The minimum Gasteiger partial charge on any atom is -0.403 e. The van der Waals surface area contributed by atoms with Gasteiger partial charge in [0.15, 0.2) is 0 Å². The third-order valence-electron chi connectivity index (χ3n) is 4.76. The average Bonchev–Trinajstić information content (AvgIpc) is 2.94. The number of halogens is 1. The lowest BCUT2D eigenvalue weighted by Gasteiger charge is -2.32. The van der Waals surface area contributed by atoms with Crippen molar-refractivity contribution in [3.05, 3.63) is 30.1 Å². The van der Waals surface area contributed by atoms with Crippen molar-refractivity contribution in [3.63, 3.8) is 0 Å². The Morgan fingerprint density at radius 2 is 1.81 bits per heavy atom. The van der Waals surface area contributed by atoms with Crippen LogP contribution in [0.25, 0.3) is 0 Å². The van der Waals surface area contributed by atoms with Crippen LogP contribution in [0.5, 0.6) is 0 Å². The van der Waals surface area contributed by atoms with Crippen molar-refractivity contribution in [2.24, 2.45) is 0 Å². The van der Waals surface area contributed by atoms with Crippen LogP contribution >= 0.6 is 0 Å². The molecule has 114 valence electrons. The van der Waals surface area contributed by atoms with Gasteiger partial charge in [0.2, 0.25) is 0 Å². The van der Waals surface area contributed by atoms with Gasteiger partial charge in [-0.3, -0.25) is 0 Å². The van der Waals surface area contributed by atoms with Crippen LogP contribution in [-0.4, -0.2) is 31.4 Å². The Kier molecular flexibility index (Phi) is 3.51. The van der Waals surface area contributed by atoms with Crippen LogP contribution in [0.15, 0.2) is 24.3 Å². The number of hydrogen-bond donors (Lipinski definition) is 1. The Labute approximate surface area is 125 Å². The Bertz CT molecular complexity index is 522. The van der Waals surface area contributed by atoms with E-state index in [1.54, 1.807) is 12.1 Å². The largest absolute Gasteiger partial charge is 0.464 e. The van der Waals surface area contributed by atoms with Crippen LogP contribution in [0.3, 0.4) is 0 Å². The minimum atomic E-state index is -0.330. The average molecular weight is 292 g/mol. The van der Waals surface area contributed by atoms with Crippen molar-refractivity contribution in [2.45, 2.75) is 44.7 Å². The first-order chi connectivity index (χ1) is 9.80. The van der Waals surface area contributed by atoms with E-state index < -0.39 is 0 Å². The number of hydrazine groups is 1. The highest BCUT2D eigenvalue weighted by Crippen LogP contribution is 2.41. The number of benzene rings is 1. The van der Waals surface area contributed by atoms with Crippen molar-refractivity contribution in [2.75, 3.05) is 18.1 Å². The predicted molar refractivity (Wildman–Crippen MR) is 81.6 cm³/mol. The molecule has 0 aromatic heterocycles. The van der Waals surface area contributed by atoms with Crippen LogP contribution < -0.4 is 10.4 Å². The first kappa shape index (κ1) is 14.8. The second-order valence-corrected chi connectivity index (χ2v) is 6.81. The molecular weight excluding hydrogens is 270 g/mol. The standard InChI is InChI=1S/C15H22BFN2O2/c1-14(2)15(3,4)21-16(20-14)11-9-18-19(10-11)13-8-6-5-7-12(13)17/h5-8,11,18H,9-10H2,1-4H3. The van der Waals surface area contributed by atoms with Crippen molar-refractivity contribution < 1.29 is 13.7 Å². The molecule has 0 saturated carbocycles. The molecule has 6 heteroatoms. The van der Waals surface area contributed by atoms with Gasteiger partial charge in [-0.15, -0.1) is 0 Å². The Balaban J connectivity index is 1.70. The van der Waals surface area contributed by atoms with Crippen molar-refractivity contribution in [1.29, 1.82) is 0 Å². The zero-order valence-electron chi connectivity index (χ0n) is 13.0. The highest BCUT2D eigenvalue weighted by molar-refractivity contribution is 6.48. The van der Waals surface area contributed by atoms with E-state index in [2.05, 4.69) is 5.43 Å². The van der Waals surface area contributed by atoms with Gasteiger partial charge < -0.3 is 14.3 Å². The molecule has 0 bridgehead atoms. The smallest absolute Gasteiger partial charge is 0.403 e. The lowest BCUT2D eigenvalue weighted by atomic mass is 9.72. The maximum Gasteiger partial charge on any atom is 0.464 e. The summed E-state index contributed by atoms with van der Waals surface area (Å²) in [5.41, 5.74) is 3.13. The fraction of sp³-hybridized carbons (Fsp3) is 0.600. The van der Waals surface area contributed by atoms with Crippen molar-refractivity contribution in [1.82, 2.24) is 5.43 Å². The first-order valence-electron chi connectivity index (χ1n) is 7.41. The summed E-state index contributed by atoms with van der Waals surface area (Å²) in [4.78, 5) is 0. The summed E-state index contributed by atoms with van der Waals surface area (Å²) in [6.07, 6.45) is 0. The molecule has 1 aromatic carbocycles. The quantitative estimate of drug-likeness (QED) is 0.850. The summed E-state index contributed by atoms with van der Waals surface area (Å²) in [5, 5.41) is 1.84. The van der Waals surface area contributed by atoms with E-state index in [9.17, 15) is 4.39 Å². The van der Waals surface area contributed by atoms with Crippen LogP contribution in [0.2, 0.25) is 5.82 Å². The molecule has 0 radical (unpaired) electrons. The molecule has 1 atom stereocenters. The van der Waals surface area contributed by atoms with Gasteiger partial charge in [0.25, 0.3) is 0 Å². The Hall–Kier alpha value is -1.11. The summed E-state index contributed by atoms with van der Waals surface area (Å²) in [7, 11) is -0.265. The fourth-order valence-corrected chi connectivity index (χ4v) is 2.71. The third-order valence-corrected chi connectivity index (χ3v) is 4.76. The molecule has 0 spiro atoms. The molecule has 2 fully saturated rings. The molecule has 2 heterocycles. The van der Waals surface area contributed by atoms with E-state index >= 15 is 0 Å². The SMILES string of the molecule is CC1(C)OB(C2CNN(c3ccccc3F)C2)OC1(C)C. The lowest BCUT2D eigenvalue weighted by molar-refractivity contribution is 0.00578. The van der Waals surface area contributed by atoms with Gasteiger partial charge in [-0.25, -0.2) is 9.82 Å². The van der Waals surface area contributed by atoms with Crippen LogP contribution in [-0.2, 0) is 9.31 Å². The van der Waals surface area contributed by atoms with Gasteiger partial charge >= 0.3 is 7.12 Å². The van der Waals surface area contributed by atoms with Gasteiger partial charge in [0.1, 0.15) is 5.82 Å². The van der Waals surface area contributed by atoms with Gasteiger partial charge in [0.05, 0.1) is 16.9 Å². The summed E-state index contributed by atoms with van der Waals surface area (Å²) >= 11 is 0. The van der Waals surface area contributed by atoms with Crippen LogP contribution in [0.1, 0.15) is 27.7 Å². The lowest BCUT2D eigenvalue weighted by Crippen LogP contribution is -2.41. The van der Waals surface area contributed by atoms with E-state index in [1.165, 1.54) is 6.07 Å². The van der Waals surface area contributed by atoms with E-state index in [4.69, 9.17) is 9.31 Å². The molecule has 0 amide bonds. The number of nitrogens with zero attached hydrogens (tertiary/aromatic N) is 1. The van der Waals surface area contributed by atoms with E-state index in [0.29, 0.717) is 18.8 Å². The number of hydrogen-bond acceptors (Lipinski definition) is 4. The van der Waals surface area contributed by atoms with Gasteiger partial charge in [-0.2, -0.15) is 0 Å². The molecule has 2 saturated heterocycles. The highest BCUT2D eigenvalue weighted by Gasteiger charge is 2.54. The topological polar surface area (TPSA) is 33.7 Å². The summed E-state index contributed by atoms with van der Waals surface area (Å²) in [5.74, 6) is -0.0507. The first-order valence-corrected chi connectivity index (χ1v) is 7.41. The van der Waals surface area contributed by atoms with Crippen LogP contribution in [0, 0.1) is 5.82 Å². The second-order valence-electron chi connectivity index (χ2n) is 6.81. The fourth-order valence-electron chi connectivity index (χ4n) is 2.71. The zero-order chi connectivity index (χ0) is 15.3. The summed E-state index contributed by atoms with van der Waals surface area (Å²) < 4.78 is 26.0. The molecule has 1 N–H and O–H groups in total. The molecule has 1 unspecified atom stereocenters. The highest BCUT2D eigenvalue weighted by atomic mass is 19.1. The van der Waals surface area contributed by atoms with Gasteiger partial charge in [-0.05, 0) is 39.8 Å².